The van der Waals surface area contributed by atoms with Gasteiger partial charge in [0.15, 0.2) is 0 Å². The Morgan fingerprint density at radius 3 is 1.71 bits per heavy atom. The fourth-order valence-corrected chi connectivity index (χ4v) is 1.30. The van der Waals surface area contributed by atoms with Gasteiger partial charge >= 0.3 is 0 Å². The first-order valence-corrected chi connectivity index (χ1v) is 6.56. The lowest BCUT2D eigenvalue weighted by Gasteiger charge is -2.19. The zero-order valence-electron chi connectivity index (χ0n) is 12.0. The van der Waals surface area contributed by atoms with E-state index in [1.54, 1.807) is 0 Å². The van der Waals surface area contributed by atoms with Gasteiger partial charge in [0.2, 0.25) is 0 Å². The second-order valence-electron chi connectivity index (χ2n) is 6.29. The third kappa shape index (κ3) is 11.7. The Kier molecular flexibility index (Phi) is 7.40. The summed E-state index contributed by atoms with van der Waals surface area (Å²) in [6.45, 7) is 9.22. The zero-order valence-corrected chi connectivity index (χ0v) is 12.0. The van der Waals surface area contributed by atoms with Gasteiger partial charge in [-0.15, -0.1) is 0 Å². The lowest BCUT2D eigenvalue weighted by Crippen LogP contribution is -2.30. The fraction of sp³-hybridized carbons (Fsp3) is 0.733. The van der Waals surface area contributed by atoms with E-state index < -0.39 is 0 Å². The highest BCUT2D eigenvalue weighted by molar-refractivity contribution is 4.93. The molecular weight excluding hydrogens is 208 g/mol. The highest BCUT2D eigenvalue weighted by atomic mass is 14.7. The SMILES string of the molecule is CC(C)(N)CC=CCCC=CCC(C)(C)CN. The molecule has 0 spiro atoms. The molecule has 0 aliphatic heterocycles. The van der Waals surface area contributed by atoms with E-state index in [1.165, 1.54) is 0 Å². The molecule has 0 rings (SSSR count). The first kappa shape index (κ1) is 16.4. The summed E-state index contributed by atoms with van der Waals surface area (Å²) >= 11 is 0. The summed E-state index contributed by atoms with van der Waals surface area (Å²) < 4.78 is 0. The first-order chi connectivity index (χ1) is 7.77. The summed E-state index contributed by atoms with van der Waals surface area (Å²) in [4.78, 5) is 0. The fourth-order valence-electron chi connectivity index (χ4n) is 1.30. The van der Waals surface area contributed by atoms with Gasteiger partial charge in [0.1, 0.15) is 0 Å². The zero-order chi connectivity index (χ0) is 13.4. The minimum Gasteiger partial charge on any atom is -0.330 e. The molecule has 0 bridgehead atoms. The molecule has 0 fully saturated rings. The van der Waals surface area contributed by atoms with Crippen LogP contribution in [0.15, 0.2) is 24.3 Å². The van der Waals surface area contributed by atoms with Gasteiger partial charge in [0.25, 0.3) is 0 Å². The molecule has 0 atom stereocenters. The molecule has 17 heavy (non-hydrogen) atoms. The molecule has 4 N–H and O–H groups in total. The number of allylic oxidation sites excluding steroid dienone is 3. The smallest absolute Gasteiger partial charge is 0.0132 e. The molecule has 0 aliphatic rings. The van der Waals surface area contributed by atoms with Crippen molar-refractivity contribution in [3.63, 3.8) is 0 Å². The Bertz CT molecular complexity index is 244. The maximum atomic E-state index is 5.88. The molecule has 0 aromatic carbocycles. The van der Waals surface area contributed by atoms with Gasteiger partial charge < -0.3 is 11.5 Å². The number of unbranched alkanes of at least 4 members (excludes halogenated alkanes) is 1. The van der Waals surface area contributed by atoms with E-state index in [0.29, 0.717) is 0 Å². The van der Waals surface area contributed by atoms with E-state index in [-0.39, 0.29) is 11.0 Å². The Morgan fingerprint density at radius 1 is 0.824 bits per heavy atom. The summed E-state index contributed by atoms with van der Waals surface area (Å²) in [6, 6.07) is 0. The van der Waals surface area contributed by atoms with Gasteiger partial charge in [0.05, 0.1) is 0 Å². The van der Waals surface area contributed by atoms with Crippen LogP contribution in [0.3, 0.4) is 0 Å². The van der Waals surface area contributed by atoms with Crippen molar-refractivity contribution < 1.29 is 0 Å². The van der Waals surface area contributed by atoms with Gasteiger partial charge in [-0.05, 0) is 51.5 Å². The van der Waals surface area contributed by atoms with Gasteiger partial charge in [0, 0.05) is 5.54 Å². The van der Waals surface area contributed by atoms with Crippen LogP contribution in [0.4, 0.5) is 0 Å². The van der Waals surface area contributed by atoms with Crippen LogP contribution < -0.4 is 11.5 Å². The number of nitrogens with two attached hydrogens (primary N) is 2. The average molecular weight is 238 g/mol. The van der Waals surface area contributed by atoms with Gasteiger partial charge in [-0.1, -0.05) is 38.2 Å². The molecule has 0 radical (unpaired) electrons. The van der Waals surface area contributed by atoms with E-state index in [9.17, 15) is 0 Å². The minimum atomic E-state index is -0.0858. The summed E-state index contributed by atoms with van der Waals surface area (Å²) in [5.41, 5.74) is 11.7. The van der Waals surface area contributed by atoms with Gasteiger partial charge in [-0.3, -0.25) is 0 Å². The normalized spacial score (nSPS) is 14.0. The molecule has 2 heteroatoms. The van der Waals surface area contributed by atoms with Crippen LogP contribution in [-0.2, 0) is 0 Å². The van der Waals surface area contributed by atoms with E-state index in [1.807, 2.05) is 13.8 Å². The predicted octanol–water partition coefficient (Wildman–Crippen LogP) is 3.38. The third-order valence-electron chi connectivity index (χ3n) is 2.70. The van der Waals surface area contributed by atoms with E-state index >= 15 is 0 Å². The van der Waals surface area contributed by atoms with Crippen LogP contribution in [0, 0.1) is 5.41 Å². The van der Waals surface area contributed by atoms with Crippen LogP contribution in [0.25, 0.3) is 0 Å². The van der Waals surface area contributed by atoms with Crippen molar-refractivity contribution in [2.45, 2.75) is 58.9 Å². The maximum Gasteiger partial charge on any atom is 0.0132 e. The monoisotopic (exact) mass is 238 g/mol. The van der Waals surface area contributed by atoms with Crippen LogP contribution in [0.5, 0.6) is 0 Å². The molecule has 0 heterocycles. The average Bonchev–Trinajstić information content (AvgIpc) is 2.20. The summed E-state index contributed by atoms with van der Waals surface area (Å²) in [7, 11) is 0. The Hall–Kier alpha value is -0.600. The molecule has 0 amide bonds. The molecule has 0 aromatic rings. The van der Waals surface area contributed by atoms with Crippen LogP contribution >= 0.6 is 0 Å². The largest absolute Gasteiger partial charge is 0.330 e. The molecule has 2 nitrogen and oxygen atoms in total. The summed E-state index contributed by atoms with van der Waals surface area (Å²) in [5.74, 6) is 0. The van der Waals surface area contributed by atoms with Crippen molar-refractivity contribution in [1.29, 1.82) is 0 Å². The number of rotatable bonds is 8. The summed E-state index contributed by atoms with van der Waals surface area (Å²) in [6.07, 6.45) is 13.1. The molecule has 0 aromatic heterocycles. The highest BCUT2D eigenvalue weighted by Gasteiger charge is 2.12. The lowest BCUT2D eigenvalue weighted by molar-refractivity contribution is 0.384. The quantitative estimate of drug-likeness (QED) is 0.503. The van der Waals surface area contributed by atoms with E-state index in [0.717, 1.165) is 32.2 Å². The molecule has 0 aliphatic carbocycles. The van der Waals surface area contributed by atoms with Crippen LogP contribution in [0.2, 0.25) is 0 Å². The maximum absolute atomic E-state index is 5.88. The van der Waals surface area contributed by atoms with Crippen molar-refractivity contribution in [3.8, 4) is 0 Å². The topological polar surface area (TPSA) is 52.0 Å². The van der Waals surface area contributed by atoms with Crippen molar-refractivity contribution in [1.82, 2.24) is 0 Å². The van der Waals surface area contributed by atoms with Crippen LogP contribution in [-0.4, -0.2) is 12.1 Å². The van der Waals surface area contributed by atoms with Crippen molar-refractivity contribution in [2.24, 2.45) is 16.9 Å². The molecule has 0 saturated carbocycles. The second kappa shape index (κ2) is 7.67. The Labute approximate surface area is 107 Å². The van der Waals surface area contributed by atoms with Gasteiger partial charge in [-0.2, -0.15) is 0 Å². The standard InChI is InChI=1S/C15H30N2/c1-14(2,13-16)11-9-7-5-6-8-10-12-15(3,4)17/h7-10H,5-6,11-13,16-17H2,1-4H3. The van der Waals surface area contributed by atoms with E-state index in [4.69, 9.17) is 11.5 Å². The minimum absolute atomic E-state index is 0.0858. The Balaban J connectivity index is 3.62. The molecular formula is C15H30N2. The number of hydrogen-bond donors (Lipinski definition) is 2. The first-order valence-electron chi connectivity index (χ1n) is 6.56. The van der Waals surface area contributed by atoms with Crippen molar-refractivity contribution in [2.75, 3.05) is 6.54 Å². The number of hydrogen-bond acceptors (Lipinski definition) is 2. The predicted molar refractivity (Wildman–Crippen MR) is 77.8 cm³/mol. The molecule has 100 valence electrons. The Morgan fingerprint density at radius 2 is 1.29 bits per heavy atom. The van der Waals surface area contributed by atoms with E-state index in [2.05, 4.69) is 38.2 Å². The molecule has 0 unspecified atom stereocenters. The van der Waals surface area contributed by atoms with Crippen molar-refractivity contribution >= 4 is 0 Å². The van der Waals surface area contributed by atoms with Crippen molar-refractivity contribution in [3.05, 3.63) is 24.3 Å². The van der Waals surface area contributed by atoms with Crippen LogP contribution in [0.1, 0.15) is 53.4 Å². The highest BCUT2D eigenvalue weighted by Crippen LogP contribution is 2.18. The molecule has 0 saturated heterocycles. The second-order valence-corrected chi connectivity index (χ2v) is 6.29. The lowest BCUT2D eigenvalue weighted by atomic mass is 9.89. The third-order valence-corrected chi connectivity index (χ3v) is 2.70. The van der Waals surface area contributed by atoms with Gasteiger partial charge in [-0.25, -0.2) is 0 Å². The summed E-state index contributed by atoms with van der Waals surface area (Å²) in [5, 5.41) is 0.